The Hall–Kier alpha value is -2.39. The van der Waals surface area contributed by atoms with Crippen LogP contribution in [0.2, 0.25) is 0 Å². The molecule has 0 radical (unpaired) electrons. The van der Waals surface area contributed by atoms with Gasteiger partial charge in [0.1, 0.15) is 4.99 Å². The molecule has 3 N–H and O–H groups in total. The normalized spacial score (nSPS) is 10.4. The van der Waals surface area contributed by atoms with E-state index >= 15 is 0 Å². The van der Waals surface area contributed by atoms with Crippen LogP contribution in [0.3, 0.4) is 0 Å². The largest absolute Gasteiger partial charge is 0.389 e. The molecule has 0 saturated carbocycles. The summed E-state index contributed by atoms with van der Waals surface area (Å²) in [6.45, 7) is 0. The minimum atomic E-state index is 0.419. The highest BCUT2D eigenvalue weighted by atomic mass is 32.1. The first-order chi connectivity index (χ1) is 9.72. The van der Waals surface area contributed by atoms with Crippen LogP contribution in [0.4, 0.5) is 11.4 Å². The summed E-state index contributed by atoms with van der Waals surface area (Å²) in [5.41, 5.74) is 8.54. The van der Waals surface area contributed by atoms with Gasteiger partial charge in [-0.2, -0.15) is 0 Å². The Labute approximate surface area is 123 Å². The van der Waals surface area contributed by atoms with Crippen LogP contribution in [-0.2, 0) is 0 Å². The molecule has 0 aliphatic carbocycles. The van der Waals surface area contributed by atoms with Crippen molar-refractivity contribution in [2.24, 2.45) is 5.73 Å². The number of fused-ring (bicyclic) bond motifs is 1. The zero-order valence-corrected chi connectivity index (χ0v) is 11.7. The topological polar surface area (TPSA) is 38.0 Å². The Morgan fingerprint density at radius 3 is 2.15 bits per heavy atom. The number of rotatable bonds is 3. The molecule has 3 aromatic rings. The molecule has 98 valence electrons. The molecule has 0 aliphatic rings. The molecule has 0 fully saturated rings. The van der Waals surface area contributed by atoms with E-state index in [0.29, 0.717) is 4.99 Å². The predicted molar refractivity (Wildman–Crippen MR) is 89.6 cm³/mol. The highest BCUT2D eigenvalue weighted by Crippen LogP contribution is 2.22. The van der Waals surface area contributed by atoms with Crippen molar-refractivity contribution in [3.8, 4) is 0 Å². The smallest absolute Gasteiger partial charge is 0.103 e. The van der Waals surface area contributed by atoms with Crippen molar-refractivity contribution < 1.29 is 0 Å². The zero-order chi connectivity index (χ0) is 13.9. The van der Waals surface area contributed by atoms with Crippen LogP contribution in [0.1, 0.15) is 5.56 Å². The number of anilines is 2. The van der Waals surface area contributed by atoms with Crippen LogP contribution < -0.4 is 11.1 Å². The third-order valence-electron chi connectivity index (χ3n) is 3.21. The van der Waals surface area contributed by atoms with Gasteiger partial charge < -0.3 is 11.1 Å². The van der Waals surface area contributed by atoms with Crippen LogP contribution in [0.25, 0.3) is 10.8 Å². The second-order valence-electron chi connectivity index (χ2n) is 4.63. The SMILES string of the molecule is NC(=S)c1ccc(Nc2ccc3ccccc3c2)cc1. The summed E-state index contributed by atoms with van der Waals surface area (Å²) >= 11 is 4.95. The van der Waals surface area contributed by atoms with E-state index < -0.39 is 0 Å². The summed E-state index contributed by atoms with van der Waals surface area (Å²) in [7, 11) is 0. The maximum atomic E-state index is 5.59. The molecule has 3 aromatic carbocycles. The third kappa shape index (κ3) is 2.63. The van der Waals surface area contributed by atoms with Crippen molar-refractivity contribution in [1.29, 1.82) is 0 Å². The zero-order valence-electron chi connectivity index (χ0n) is 10.8. The standard InChI is InChI=1S/C17H14N2S/c18-17(20)13-6-8-15(9-7-13)19-16-10-5-12-3-1-2-4-14(12)11-16/h1-11,19H,(H2,18,20). The molecular formula is C17H14N2S. The Bertz CT molecular complexity index is 763. The maximum absolute atomic E-state index is 5.59. The van der Waals surface area contributed by atoms with Crippen LogP contribution in [0, 0.1) is 0 Å². The van der Waals surface area contributed by atoms with Gasteiger partial charge in [-0.05, 0) is 47.2 Å². The monoisotopic (exact) mass is 278 g/mol. The maximum Gasteiger partial charge on any atom is 0.103 e. The molecule has 0 heterocycles. The molecule has 0 amide bonds. The fourth-order valence-electron chi connectivity index (χ4n) is 2.15. The Morgan fingerprint density at radius 1 is 0.800 bits per heavy atom. The van der Waals surface area contributed by atoms with Gasteiger partial charge in [0.15, 0.2) is 0 Å². The molecule has 0 saturated heterocycles. The van der Waals surface area contributed by atoms with E-state index in [4.69, 9.17) is 18.0 Å². The van der Waals surface area contributed by atoms with E-state index in [2.05, 4.69) is 35.6 Å². The van der Waals surface area contributed by atoms with Crippen LogP contribution in [-0.4, -0.2) is 4.99 Å². The van der Waals surface area contributed by atoms with E-state index in [1.165, 1.54) is 10.8 Å². The number of benzene rings is 3. The molecule has 20 heavy (non-hydrogen) atoms. The number of nitrogens with one attached hydrogen (secondary N) is 1. The molecule has 2 nitrogen and oxygen atoms in total. The van der Waals surface area contributed by atoms with Crippen molar-refractivity contribution >= 4 is 39.4 Å². The summed E-state index contributed by atoms with van der Waals surface area (Å²) in [6, 6.07) is 22.4. The van der Waals surface area contributed by atoms with Gasteiger partial charge in [-0.1, -0.05) is 42.5 Å². The van der Waals surface area contributed by atoms with E-state index in [1.807, 2.05) is 36.4 Å². The first kappa shape index (κ1) is 12.6. The fraction of sp³-hybridized carbons (Fsp3) is 0. The summed E-state index contributed by atoms with van der Waals surface area (Å²) < 4.78 is 0. The Morgan fingerprint density at radius 2 is 1.45 bits per heavy atom. The van der Waals surface area contributed by atoms with Crippen molar-refractivity contribution in [1.82, 2.24) is 0 Å². The van der Waals surface area contributed by atoms with Gasteiger partial charge in [-0.15, -0.1) is 0 Å². The molecule has 3 heteroatoms. The Kier molecular flexibility index (Phi) is 3.35. The summed E-state index contributed by atoms with van der Waals surface area (Å²) in [5.74, 6) is 0. The van der Waals surface area contributed by atoms with E-state index in [-0.39, 0.29) is 0 Å². The van der Waals surface area contributed by atoms with Gasteiger partial charge in [0.2, 0.25) is 0 Å². The molecule has 0 aliphatic heterocycles. The Balaban J connectivity index is 1.87. The quantitative estimate of drug-likeness (QED) is 0.705. The molecule has 0 unspecified atom stereocenters. The highest BCUT2D eigenvalue weighted by molar-refractivity contribution is 7.80. The molecular weight excluding hydrogens is 264 g/mol. The summed E-state index contributed by atoms with van der Waals surface area (Å²) in [4.78, 5) is 0.419. The molecule has 0 spiro atoms. The van der Waals surface area contributed by atoms with Gasteiger partial charge in [-0.3, -0.25) is 0 Å². The second-order valence-corrected chi connectivity index (χ2v) is 5.07. The minimum absolute atomic E-state index is 0.419. The lowest BCUT2D eigenvalue weighted by molar-refractivity contribution is 1.55. The highest BCUT2D eigenvalue weighted by Gasteiger charge is 1.99. The van der Waals surface area contributed by atoms with E-state index in [0.717, 1.165) is 16.9 Å². The summed E-state index contributed by atoms with van der Waals surface area (Å²) in [5, 5.41) is 5.84. The second kappa shape index (κ2) is 5.31. The molecule has 0 aromatic heterocycles. The van der Waals surface area contributed by atoms with Crippen molar-refractivity contribution in [2.75, 3.05) is 5.32 Å². The van der Waals surface area contributed by atoms with Crippen molar-refractivity contribution in [3.63, 3.8) is 0 Å². The van der Waals surface area contributed by atoms with E-state index in [9.17, 15) is 0 Å². The lowest BCUT2D eigenvalue weighted by Gasteiger charge is -2.08. The first-order valence-electron chi connectivity index (χ1n) is 6.38. The number of thiocarbonyl (C=S) groups is 1. The van der Waals surface area contributed by atoms with E-state index in [1.54, 1.807) is 0 Å². The average Bonchev–Trinajstić information content (AvgIpc) is 2.48. The average molecular weight is 278 g/mol. The third-order valence-corrected chi connectivity index (χ3v) is 3.44. The van der Waals surface area contributed by atoms with Gasteiger partial charge in [0.25, 0.3) is 0 Å². The van der Waals surface area contributed by atoms with Gasteiger partial charge in [-0.25, -0.2) is 0 Å². The van der Waals surface area contributed by atoms with Crippen LogP contribution >= 0.6 is 12.2 Å². The van der Waals surface area contributed by atoms with Gasteiger partial charge in [0.05, 0.1) is 0 Å². The van der Waals surface area contributed by atoms with Crippen LogP contribution in [0.15, 0.2) is 66.7 Å². The van der Waals surface area contributed by atoms with Gasteiger partial charge in [0, 0.05) is 16.9 Å². The predicted octanol–water partition coefficient (Wildman–Crippen LogP) is 4.22. The van der Waals surface area contributed by atoms with Gasteiger partial charge >= 0.3 is 0 Å². The summed E-state index contributed by atoms with van der Waals surface area (Å²) in [6.07, 6.45) is 0. The van der Waals surface area contributed by atoms with Crippen molar-refractivity contribution in [2.45, 2.75) is 0 Å². The number of hydrogen-bond donors (Lipinski definition) is 2. The molecule has 0 atom stereocenters. The fourth-order valence-corrected chi connectivity index (χ4v) is 2.29. The molecule has 3 rings (SSSR count). The minimum Gasteiger partial charge on any atom is -0.389 e. The first-order valence-corrected chi connectivity index (χ1v) is 6.79. The number of hydrogen-bond acceptors (Lipinski definition) is 2. The van der Waals surface area contributed by atoms with Crippen molar-refractivity contribution in [3.05, 3.63) is 72.3 Å². The van der Waals surface area contributed by atoms with Crippen LogP contribution in [0.5, 0.6) is 0 Å². The lowest BCUT2D eigenvalue weighted by atomic mass is 10.1. The lowest BCUT2D eigenvalue weighted by Crippen LogP contribution is -2.08. The number of nitrogens with two attached hydrogens (primary N) is 1. The molecule has 0 bridgehead atoms.